The van der Waals surface area contributed by atoms with Gasteiger partial charge in [-0.2, -0.15) is 0 Å². The van der Waals surface area contributed by atoms with Crippen LogP contribution in [0.2, 0.25) is 0 Å². The first-order valence-electron chi connectivity index (χ1n) is 16.1. The largest absolute Gasteiger partial charge is 0.497 e. The second-order valence-corrected chi connectivity index (χ2v) is 11.9. The molecule has 3 aliphatic rings. The molecule has 13 heteroatoms. The lowest BCUT2D eigenvalue weighted by atomic mass is 9.99. The molecule has 0 bridgehead atoms. The summed E-state index contributed by atoms with van der Waals surface area (Å²) >= 11 is 0. The molecule has 3 aliphatic heterocycles. The third-order valence-electron chi connectivity index (χ3n) is 9.02. The Labute approximate surface area is 278 Å². The smallest absolute Gasteiger partial charge is 0.312 e. The van der Waals surface area contributed by atoms with Gasteiger partial charge in [0, 0.05) is 69.1 Å². The molecule has 48 heavy (non-hydrogen) atoms. The van der Waals surface area contributed by atoms with Crippen LogP contribution in [-0.2, 0) is 0 Å². The Kier molecular flexibility index (Phi) is 10.2. The molecule has 2 saturated heterocycles. The zero-order chi connectivity index (χ0) is 33.6. The highest BCUT2D eigenvalue weighted by molar-refractivity contribution is 6.03. The number of nitro groups is 1. The van der Waals surface area contributed by atoms with Crippen LogP contribution in [0.15, 0.2) is 59.6 Å². The number of nitro benzene ring substituents is 1. The third-order valence-corrected chi connectivity index (χ3v) is 9.02. The summed E-state index contributed by atoms with van der Waals surface area (Å²) in [5.74, 6) is 1.70. The minimum Gasteiger partial charge on any atom is -0.497 e. The summed E-state index contributed by atoms with van der Waals surface area (Å²) in [6, 6.07) is 14.2. The zero-order valence-electron chi connectivity index (χ0n) is 27.1. The van der Waals surface area contributed by atoms with E-state index in [1.165, 1.54) is 19.2 Å². The average Bonchev–Trinajstić information content (AvgIpc) is 3.55. The van der Waals surface area contributed by atoms with Gasteiger partial charge in [-0.1, -0.05) is 0 Å². The predicted octanol–water partition coefficient (Wildman–Crippen LogP) is 5.04. The van der Waals surface area contributed by atoms with Crippen molar-refractivity contribution in [2.24, 2.45) is 4.99 Å². The molecule has 1 amide bonds. The first-order valence-corrected chi connectivity index (χ1v) is 16.1. The molecule has 6 rings (SSSR count). The molecule has 3 aromatic carbocycles. The molecule has 2 atom stereocenters. The Morgan fingerprint density at radius 3 is 2.50 bits per heavy atom. The van der Waals surface area contributed by atoms with Crippen LogP contribution >= 0.6 is 0 Å². The molecular formula is C35H39N5O8. The maximum Gasteiger partial charge on any atom is 0.312 e. The van der Waals surface area contributed by atoms with Gasteiger partial charge in [-0.05, 0) is 61.7 Å². The van der Waals surface area contributed by atoms with E-state index in [1.54, 1.807) is 49.6 Å². The van der Waals surface area contributed by atoms with Gasteiger partial charge in [-0.25, -0.2) is 0 Å². The van der Waals surface area contributed by atoms with E-state index in [2.05, 4.69) is 15.2 Å². The van der Waals surface area contributed by atoms with Crippen LogP contribution in [0.3, 0.4) is 0 Å². The molecule has 0 aromatic heterocycles. The molecule has 0 aliphatic carbocycles. The van der Waals surface area contributed by atoms with Gasteiger partial charge in [0.15, 0.2) is 17.3 Å². The fourth-order valence-electron chi connectivity index (χ4n) is 6.41. The van der Waals surface area contributed by atoms with Crippen molar-refractivity contribution in [3.8, 4) is 28.7 Å². The van der Waals surface area contributed by atoms with Crippen molar-refractivity contribution in [2.75, 3.05) is 53.6 Å². The number of benzene rings is 3. The van der Waals surface area contributed by atoms with Gasteiger partial charge in [0.2, 0.25) is 5.75 Å². The number of nitrogens with one attached hydrogen (secondary N) is 1. The second-order valence-electron chi connectivity index (χ2n) is 11.9. The topological polar surface area (TPSA) is 145 Å². The normalized spacial score (nSPS) is 18.0. The van der Waals surface area contributed by atoms with E-state index in [0.717, 1.165) is 39.0 Å². The minimum atomic E-state index is -0.549. The highest BCUT2D eigenvalue weighted by Gasteiger charge is 2.33. The molecule has 3 aromatic rings. The van der Waals surface area contributed by atoms with E-state index >= 15 is 0 Å². The molecule has 0 saturated carbocycles. The number of methoxy groups -OCH3 is 2. The first kappa shape index (κ1) is 32.9. The lowest BCUT2D eigenvalue weighted by Gasteiger charge is -2.34. The summed E-state index contributed by atoms with van der Waals surface area (Å²) < 4.78 is 22.8. The minimum absolute atomic E-state index is 0.00348. The number of carbonyl (C=O) groups is 2. The van der Waals surface area contributed by atoms with Crippen molar-refractivity contribution < 1.29 is 33.5 Å². The van der Waals surface area contributed by atoms with Crippen LogP contribution in [0, 0.1) is 10.1 Å². The van der Waals surface area contributed by atoms with E-state index in [4.69, 9.17) is 18.9 Å². The Hall–Kier alpha value is -5.01. The number of fused-ring (bicyclic) bond motifs is 2. The highest BCUT2D eigenvalue weighted by atomic mass is 16.6. The number of piperazine rings is 1. The number of hydrogen-bond donors (Lipinski definition) is 1. The predicted molar refractivity (Wildman–Crippen MR) is 179 cm³/mol. The van der Waals surface area contributed by atoms with Crippen molar-refractivity contribution >= 4 is 29.3 Å². The van der Waals surface area contributed by atoms with Crippen LogP contribution in [-0.4, -0.2) is 98.3 Å². The van der Waals surface area contributed by atoms with Crippen molar-refractivity contribution in [3.63, 3.8) is 0 Å². The van der Waals surface area contributed by atoms with Gasteiger partial charge in [-0.3, -0.25) is 29.6 Å². The monoisotopic (exact) mass is 657 g/mol. The lowest BCUT2D eigenvalue weighted by molar-refractivity contribution is -0.385. The number of nitrogens with zero attached hydrogens (tertiary/aromatic N) is 4. The Bertz CT molecular complexity index is 1690. The summed E-state index contributed by atoms with van der Waals surface area (Å²) in [4.78, 5) is 47.0. The van der Waals surface area contributed by atoms with Crippen molar-refractivity contribution in [1.82, 2.24) is 15.1 Å². The molecule has 13 nitrogen and oxygen atoms in total. The molecular weight excluding hydrogens is 618 g/mol. The van der Waals surface area contributed by atoms with Crippen LogP contribution in [0.4, 0.5) is 11.4 Å². The fourth-order valence-corrected chi connectivity index (χ4v) is 6.41. The van der Waals surface area contributed by atoms with Gasteiger partial charge >= 0.3 is 5.69 Å². The molecule has 252 valence electrons. The first-order chi connectivity index (χ1) is 23.3. The Morgan fingerprint density at radius 2 is 1.77 bits per heavy atom. The van der Waals surface area contributed by atoms with Crippen molar-refractivity contribution in [2.45, 2.75) is 37.8 Å². The number of Topliss-reactive ketones (excluding diaryl/α,β-unsaturated/α-hetero) is 1. The number of rotatable bonds is 13. The number of hydrogen-bond acceptors (Lipinski definition) is 11. The van der Waals surface area contributed by atoms with E-state index in [-0.39, 0.29) is 53.8 Å². The standard InChI is InChI=1S/C35H39N5O8/c1-45-26-6-8-27(9-7-26)48-32-10-5-23(18-30(32)40(43)44)31(41)19-24(38-15-12-36-13-16-38)11-17-47-34-21-29-28(20-33(34)46-2)35(42)39-14-3-4-25(39)22-37-29/h5-10,18,20-22,24-25,36H,3-4,11-17,19H2,1-2H3/t24?,25-/m0/s1. The van der Waals surface area contributed by atoms with E-state index in [0.29, 0.717) is 47.2 Å². The summed E-state index contributed by atoms with van der Waals surface area (Å²) in [7, 11) is 3.08. The average molecular weight is 658 g/mol. The van der Waals surface area contributed by atoms with Crippen LogP contribution < -0.4 is 24.3 Å². The highest BCUT2D eigenvalue weighted by Crippen LogP contribution is 2.38. The number of ether oxygens (including phenoxy) is 4. The van der Waals surface area contributed by atoms with Gasteiger partial charge in [-0.15, -0.1) is 0 Å². The maximum atomic E-state index is 13.6. The quantitative estimate of drug-likeness (QED) is 0.151. The fraction of sp³-hybridized carbons (Fsp3) is 0.400. The SMILES string of the molecule is COc1ccc(Oc2ccc(C(=O)CC(CCOc3cc4c(cc3OC)C(=O)N3CCC[C@H]3C=N4)N3CCNCC3)cc2[N+](=O)[O-])cc1. The third kappa shape index (κ3) is 7.26. The van der Waals surface area contributed by atoms with E-state index in [1.807, 2.05) is 11.1 Å². The summed E-state index contributed by atoms with van der Waals surface area (Å²) in [5, 5.41) is 15.3. The van der Waals surface area contributed by atoms with Gasteiger partial charge < -0.3 is 29.2 Å². The number of aliphatic imine (C=N–C) groups is 1. The van der Waals surface area contributed by atoms with E-state index < -0.39 is 4.92 Å². The molecule has 2 fully saturated rings. The second kappa shape index (κ2) is 14.8. The maximum absolute atomic E-state index is 13.6. The zero-order valence-corrected chi connectivity index (χ0v) is 27.1. The molecule has 0 spiro atoms. The number of ketones is 1. The Morgan fingerprint density at radius 1 is 1.00 bits per heavy atom. The van der Waals surface area contributed by atoms with Crippen LogP contribution in [0.25, 0.3) is 0 Å². The summed E-state index contributed by atoms with van der Waals surface area (Å²) in [6.07, 6.45) is 4.35. The lowest BCUT2D eigenvalue weighted by Crippen LogP contribution is -2.49. The van der Waals surface area contributed by atoms with Crippen molar-refractivity contribution in [3.05, 3.63) is 75.8 Å². The number of carbonyl (C=O) groups excluding carboxylic acids is 2. The molecule has 1 N–H and O–H groups in total. The molecule has 3 heterocycles. The summed E-state index contributed by atoms with van der Waals surface area (Å²) in [6.45, 7) is 4.07. The van der Waals surface area contributed by atoms with Crippen LogP contribution in [0.1, 0.15) is 46.4 Å². The summed E-state index contributed by atoms with van der Waals surface area (Å²) in [5.41, 5.74) is 0.967. The van der Waals surface area contributed by atoms with Gasteiger partial charge in [0.25, 0.3) is 5.91 Å². The van der Waals surface area contributed by atoms with E-state index in [9.17, 15) is 19.7 Å². The van der Waals surface area contributed by atoms with Gasteiger partial charge in [0.1, 0.15) is 11.5 Å². The van der Waals surface area contributed by atoms with Crippen LogP contribution in [0.5, 0.6) is 28.7 Å². The molecule has 1 unspecified atom stereocenters. The molecule has 0 radical (unpaired) electrons. The van der Waals surface area contributed by atoms with Gasteiger partial charge in [0.05, 0.1) is 43.0 Å². The number of amides is 1. The van der Waals surface area contributed by atoms with Crippen molar-refractivity contribution in [1.29, 1.82) is 0 Å². The Balaban J connectivity index is 1.16.